The number of aromatic nitrogens is 8. The van der Waals surface area contributed by atoms with E-state index in [4.69, 9.17) is 50.4 Å². The van der Waals surface area contributed by atoms with Gasteiger partial charge in [0.25, 0.3) is 0 Å². The maximum atomic E-state index is 13.7. The number of nitrogens with zero attached hydrogens (tertiary/aromatic N) is 8. The Bertz CT molecular complexity index is 5040. The molecule has 0 unspecified atom stereocenters. The van der Waals surface area contributed by atoms with Crippen LogP contribution < -0.4 is 58.2 Å². The first kappa shape index (κ1) is 80.3. The van der Waals surface area contributed by atoms with Crippen LogP contribution in [0.4, 0.5) is 21.2 Å². The number of nitrogens with one attached hydrogen (secondary N) is 4. The number of nitrogens with two attached hydrogens (primary N) is 3. The molecular formula is C83H97N15O15. The number of fused-ring (bicyclic) bond motifs is 6. The number of ketones is 2. The summed E-state index contributed by atoms with van der Waals surface area (Å²) in [7, 11) is 3.12. The van der Waals surface area contributed by atoms with Gasteiger partial charge in [0.1, 0.15) is 46.4 Å². The average molecular weight is 1540 g/mol. The maximum absolute atomic E-state index is 13.7. The van der Waals surface area contributed by atoms with Crippen LogP contribution in [0.2, 0.25) is 0 Å². The molecule has 2 saturated carbocycles. The van der Waals surface area contributed by atoms with Crippen molar-refractivity contribution in [1.82, 2.24) is 59.5 Å². The summed E-state index contributed by atoms with van der Waals surface area (Å²) in [5.74, 6) is 1.67. The molecule has 0 spiro atoms. The summed E-state index contributed by atoms with van der Waals surface area (Å²) in [6, 6.07) is 33.5. The van der Waals surface area contributed by atoms with Crippen molar-refractivity contribution >= 4 is 69.5 Å². The first-order valence-corrected chi connectivity index (χ1v) is 38.2. The standard InChI is InChI=1S/C52H63N9O10.C31H34N6O5/c1-32(2)41(28-39(62)22-25-68-3)48(64)56-42(9-7-23-55-49(54)65)43(63)27-33-10-12-35(13-11-33)31-70-52(67)60(38-17-18-38)29-34-14-19-40(20-15-34)71-44-21-16-36-26-37(44)8-5-4-6-24-69-50-58-46(53)45-47(59-50)61(30-36)51(66)57-45;1-40-16-14-26(38)36(23-9-10-23)18-20-6-11-24(12-7-20)42-25-13-8-21-17-22(25)5-3-2-4-15-41-30-34-28(32)27-29(35-30)37(19-21)31(39)33-27/h4-5,10-16,19-21,26,32,38,41-42H,6-9,17-18,22-25,27-31H2,1-3H3,(H,56,64)(H,57,66)(H2,53,58,59)(H3,54,55,65);2-3,6-8,11-13,17,23H,4-5,9-10,14-16,18-19H2,1H3,(H,33,39)(H2,32,34,35)/b5-4+;3-2+/t41-,42-;/m0./s1. The lowest BCUT2D eigenvalue weighted by Gasteiger charge is -2.24. The number of nitrogen functional groups attached to an aromatic ring is 2. The van der Waals surface area contributed by atoms with Crippen molar-refractivity contribution in [2.75, 3.05) is 58.7 Å². The van der Waals surface area contributed by atoms with Gasteiger partial charge in [0.2, 0.25) is 11.8 Å². The number of allylic oxidation sites excluding steroid dienone is 2. The highest BCUT2D eigenvalue weighted by atomic mass is 16.6. The fraction of sp³-hybridized carbons (Fsp3) is 0.398. The third kappa shape index (κ3) is 22.1. The number of carbonyl (C=O) groups excluding carboxylic acids is 6. The van der Waals surface area contributed by atoms with E-state index >= 15 is 0 Å². The topological polar surface area (TPSA) is 403 Å². The summed E-state index contributed by atoms with van der Waals surface area (Å²) in [4.78, 5) is 129. The molecule has 2 atom stereocenters. The molecule has 6 heterocycles. The summed E-state index contributed by atoms with van der Waals surface area (Å²) in [5, 5.41) is 5.40. The lowest BCUT2D eigenvalue weighted by atomic mass is 9.88. The molecule has 2 aliphatic carbocycles. The molecule has 8 bridgehead atoms. The number of methoxy groups -OCH3 is 2. The van der Waals surface area contributed by atoms with Crippen molar-refractivity contribution in [3.05, 3.63) is 199 Å². The SMILES string of the molecule is COCCC(=O)C[C@H](C(=O)N[C@@H](CCCNC(N)=O)C(=O)Cc1ccc(COC(=O)N(Cc2ccc(Oc3ccc4cc3C/C=C/CCOc3nc(N)c5[nH]c(=O)n(c5n3)C4)cc2)C2CC2)cc1)C(C)C.COCCC(=O)N(Cc1ccc(Oc2ccc3cc2C/C=C/CCOc2nc(N)c4[nH]c(=O)n(c4n2)C3)cc1)C1CC1. The Kier molecular flexibility index (Phi) is 27.1. The van der Waals surface area contributed by atoms with Crippen LogP contribution in [0.3, 0.4) is 0 Å². The monoisotopic (exact) mass is 1540 g/mol. The number of ether oxygens (including phenoxy) is 7. The predicted octanol–water partition coefficient (Wildman–Crippen LogP) is 9.99. The number of Topliss-reactive ketones (excluding diaryl/α,β-unsaturated/α-hetero) is 2. The van der Waals surface area contributed by atoms with Crippen LogP contribution in [0.1, 0.15) is 129 Å². The minimum Gasteiger partial charge on any atom is -0.463 e. The number of anilines is 2. The van der Waals surface area contributed by atoms with E-state index in [1.807, 2.05) is 122 Å². The molecule has 5 aromatic carbocycles. The molecule has 30 nitrogen and oxygen atoms in total. The van der Waals surface area contributed by atoms with Crippen LogP contribution >= 0.6 is 0 Å². The fourth-order valence-corrected chi connectivity index (χ4v) is 13.4. The number of amides is 5. The van der Waals surface area contributed by atoms with Gasteiger partial charge in [0, 0.05) is 71.1 Å². The zero-order chi connectivity index (χ0) is 79.5. The maximum Gasteiger partial charge on any atom is 0.410 e. The molecule has 2 aliphatic heterocycles. The Balaban J connectivity index is 0.000000238. The van der Waals surface area contributed by atoms with E-state index in [0.29, 0.717) is 129 Å². The van der Waals surface area contributed by atoms with Crippen molar-refractivity contribution in [2.45, 2.75) is 155 Å². The minimum absolute atomic E-state index is 0.0250. The lowest BCUT2D eigenvalue weighted by Crippen LogP contribution is -2.46. The highest BCUT2D eigenvalue weighted by Crippen LogP contribution is 2.35. The van der Waals surface area contributed by atoms with Gasteiger partial charge in [-0.2, -0.15) is 19.9 Å². The van der Waals surface area contributed by atoms with Gasteiger partial charge in [0.15, 0.2) is 28.7 Å². The van der Waals surface area contributed by atoms with E-state index in [9.17, 15) is 38.4 Å². The zero-order valence-corrected chi connectivity index (χ0v) is 64.0. The summed E-state index contributed by atoms with van der Waals surface area (Å²) >= 11 is 0. The molecule has 10 N–H and O–H groups in total. The van der Waals surface area contributed by atoms with E-state index in [2.05, 4.69) is 46.6 Å². The number of aromatic amines is 2. The van der Waals surface area contributed by atoms with Crippen LogP contribution in [-0.2, 0) is 85.4 Å². The second-order valence-corrected chi connectivity index (χ2v) is 28.9. The van der Waals surface area contributed by atoms with Crippen molar-refractivity contribution in [1.29, 1.82) is 0 Å². The smallest absolute Gasteiger partial charge is 0.410 e. The number of rotatable bonds is 30. The zero-order valence-electron chi connectivity index (χ0n) is 64.0. The summed E-state index contributed by atoms with van der Waals surface area (Å²) in [5.41, 5.74) is 25.3. The molecule has 13 rings (SSSR count). The Labute approximate surface area is 652 Å². The first-order chi connectivity index (χ1) is 54.7. The van der Waals surface area contributed by atoms with Crippen LogP contribution in [0.5, 0.6) is 35.0 Å². The Morgan fingerprint density at radius 2 is 1.12 bits per heavy atom. The van der Waals surface area contributed by atoms with E-state index in [0.717, 1.165) is 70.4 Å². The highest BCUT2D eigenvalue weighted by Gasteiger charge is 2.35. The number of H-pyrrole nitrogens is 2. The number of carbonyl (C=O) groups is 6. The van der Waals surface area contributed by atoms with Crippen LogP contribution in [0, 0.1) is 11.8 Å². The summed E-state index contributed by atoms with van der Waals surface area (Å²) in [6.07, 6.45) is 15.4. The van der Waals surface area contributed by atoms with E-state index in [-0.39, 0.29) is 122 Å². The van der Waals surface area contributed by atoms with E-state index in [1.54, 1.807) is 36.3 Å². The molecule has 0 saturated heterocycles. The number of hydrogen-bond donors (Lipinski definition) is 7. The molecule has 594 valence electrons. The Morgan fingerprint density at radius 3 is 1.62 bits per heavy atom. The number of urea groups is 1. The molecule has 113 heavy (non-hydrogen) atoms. The molecule has 4 aliphatic rings. The molecule has 4 aromatic heterocycles. The van der Waals surface area contributed by atoms with Crippen LogP contribution in [0.25, 0.3) is 22.3 Å². The Hall–Kier alpha value is -12.2. The predicted molar refractivity (Wildman–Crippen MR) is 422 cm³/mol. The molecule has 9 aromatic rings. The third-order valence-corrected chi connectivity index (χ3v) is 19.9. The third-order valence-electron chi connectivity index (χ3n) is 19.9. The van der Waals surface area contributed by atoms with E-state index in [1.165, 1.54) is 16.2 Å². The quantitative estimate of drug-likeness (QED) is 0.0162. The van der Waals surface area contributed by atoms with Crippen LogP contribution in [-0.4, -0.2) is 150 Å². The largest absolute Gasteiger partial charge is 0.463 e. The van der Waals surface area contributed by atoms with Crippen molar-refractivity contribution in [3.63, 3.8) is 0 Å². The van der Waals surface area contributed by atoms with Crippen LogP contribution in [0.15, 0.2) is 143 Å². The van der Waals surface area contributed by atoms with Gasteiger partial charge in [-0.3, -0.25) is 28.3 Å². The number of benzene rings is 5. The highest BCUT2D eigenvalue weighted by molar-refractivity contribution is 5.93. The second kappa shape index (κ2) is 38.2. The van der Waals surface area contributed by atoms with E-state index < -0.39 is 24.1 Å². The molecular weight excluding hydrogens is 1450 g/mol. The summed E-state index contributed by atoms with van der Waals surface area (Å²) in [6.45, 7) is 6.84. The second-order valence-electron chi connectivity index (χ2n) is 28.9. The average Bonchev–Trinajstić information content (AvgIpc) is 1.64. The van der Waals surface area contributed by atoms with Gasteiger partial charge >= 0.3 is 35.5 Å². The van der Waals surface area contributed by atoms with Gasteiger partial charge in [-0.25, -0.2) is 19.2 Å². The van der Waals surface area contributed by atoms with Gasteiger partial charge in [-0.1, -0.05) is 98.8 Å². The first-order valence-electron chi connectivity index (χ1n) is 38.2. The van der Waals surface area contributed by atoms with Crippen molar-refractivity contribution < 1.29 is 61.9 Å². The summed E-state index contributed by atoms with van der Waals surface area (Å²) < 4.78 is 43.1. The van der Waals surface area contributed by atoms with Gasteiger partial charge in [-0.15, -0.1) is 0 Å². The molecule has 0 radical (unpaired) electrons. The molecule has 5 amide bonds. The Morgan fingerprint density at radius 1 is 0.619 bits per heavy atom. The number of imidazole rings is 2. The van der Waals surface area contributed by atoms with Gasteiger partial charge in [0.05, 0.1) is 52.0 Å². The van der Waals surface area contributed by atoms with Crippen molar-refractivity contribution in [3.8, 4) is 35.0 Å². The fourth-order valence-electron chi connectivity index (χ4n) is 13.4. The van der Waals surface area contributed by atoms with Gasteiger partial charge in [-0.05, 0) is 163 Å². The normalized spacial score (nSPS) is 15.1. The molecule has 2 fully saturated rings. The lowest BCUT2D eigenvalue weighted by molar-refractivity contribution is -0.133. The minimum atomic E-state index is -0.854. The van der Waals surface area contributed by atoms with Gasteiger partial charge < -0.3 is 80.8 Å². The number of primary amides is 1. The van der Waals surface area contributed by atoms with Crippen molar-refractivity contribution in [2.24, 2.45) is 17.6 Å². The molecule has 30 heteroatoms. The number of hydrogen-bond acceptors (Lipinski definition) is 21.